The number of anilines is 1. The van der Waals surface area contributed by atoms with Crippen LogP contribution in [0.2, 0.25) is 0 Å². The molecule has 2 N–H and O–H groups in total. The molecule has 0 aromatic heterocycles. The molecule has 0 aliphatic carbocycles. The molecule has 0 aliphatic heterocycles. The molecule has 19 heavy (non-hydrogen) atoms. The SMILES string of the molecule is CC(C)c1cc(Br)ccc1Oc1cccc(F)c1N. The number of hydrogen-bond acceptors (Lipinski definition) is 2. The van der Waals surface area contributed by atoms with Crippen LogP contribution in [0.3, 0.4) is 0 Å². The van der Waals surface area contributed by atoms with E-state index in [4.69, 9.17) is 10.5 Å². The predicted molar refractivity (Wildman–Crippen MR) is 79.1 cm³/mol. The molecule has 2 rings (SSSR count). The van der Waals surface area contributed by atoms with Crippen LogP contribution in [0.1, 0.15) is 25.3 Å². The topological polar surface area (TPSA) is 35.2 Å². The molecule has 0 saturated carbocycles. The fourth-order valence-electron chi connectivity index (χ4n) is 1.79. The van der Waals surface area contributed by atoms with E-state index >= 15 is 0 Å². The molecule has 0 heterocycles. The number of hydrogen-bond donors (Lipinski definition) is 1. The monoisotopic (exact) mass is 323 g/mol. The van der Waals surface area contributed by atoms with Crippen LogP contribution in [0, 0.1) is 5.82 Å². The number of rotatable bonds is 3. The van der Waals surface area contributed by atoms with E-state index < -0.39 is 5.82 Å². The number of para-hydroxylation sites is 1. The number of benzene rings is 2. The van der Waals surface area contributed by atoms with Crippen molar-refractivity contribution in [3.05, 3.63) is 52.3 Å². The lowest BCUT2D eigenvalue weighted by atomic mass is 10.0. The Balaban J connectivity index is 2.41. The van der Waals surface area contributed by atoms with E-state index in [0.29, 0.717) is 17.4 Å². The summed E-state index contributed by atoms with van der Waals surface area (Å²) < 4.78 is 20.1. The largest absolute Gasteiger partial charge is 0.455 e. The maximum Gasteiger partial charge on any atom is 0.153 e. The van der Waals surface area contributed by atoms with Gasteiger partial charge >= 0.3 is 0 Å². The van der Waals surface area contributed by atoms with Gasteiger partial charge in [-0.25, -0.2) is 4.39 Å². The van der Waals surface area contributed by atoms with Gasteiger partial charge in [0.15, 0.2) is 5.75 Å². The average molecular weight is 324 g/mol. The van der Waals surface area contributed by atoms with E-state index in [9.17, 15) is 4.39 Å². The number of nitrogens with two attached hydrogens (primary N) is 1. The summed E-state index contributed by atoms with van der Waals surface area (Å²) in [7, 11) is 0. The molecule has 0 atom stereocenters. The van der Waals surface area contributed by atoms with Crippen LogP contribution < -0.4 is 10.5 Å². The van der Waals surface area contributed by atoms with Gasteiger partial charge in [0.2, 0.25) is 0 Å². The molecule has 0 aliphatic rings. The standard InChI is InChI=1S/C15H15BrFNO/c1-9(2)11-8-10(16)6-7-13(11)19-14-5-3-4-12(17)15(14)18/h3-9H,18H2,1-2H3. The first-order valence-corrected chi connectivity index (χ1v) is 6.79. The van der Waals surface area contributed by atoms with Crippen molar-refractivity contribution in [1.29, 1.82) is 0 Å². The summed E-state index contributed by atoms with van der Waals surface area (Å²) in [5.74, 6) is 0.850. The molecule has 2 aromatic rings. The summed E-state index contributed by atoms with van der Waals surface area (Å²) in [5, 5.41) is 0. The van der Waals surface area contributed by atoms with Crippen molar-refractivity contribution in [2.24, 2.45) is 0 Å². The lowest BCUT2D eigenvalue weighted by molar-refractivity contribution is 0.471. The van der Waals surface area contributed by atoms with Crippen molar-refractivity contribution in [1.82, 2.24) is 0 Å². The van der Waals surface area contributed by atoms with Crippen molar-refractivity contribution in [2.45, 2.75) is 19.8 Å². The Morgan fingerprint density at radius 3 is 2.58 bits per heavy atom. The van der Waals surface area contributed by atoms with Gasteiger partial charge in [-0.15, -0.1) is 0 Å². The molecule has 0 amide bonds. The van der Waals surface area contributed by atoms with Gasteiger partial charge in [-0.2, -0.15) is 0 Å². The Morgan fingerprint density at radius 1 is 1.16 bits per heavy atom. The average Bonchev–Trinajstić information content (AvgIpc) is 2.36. The van der Waals surface area contributed by atoms with Crippen LogP contribution in [0.4, 0.5) is 10.1 Å². The number of halogens is 2. The smallest absolute Gasteiger partial charge is 0.153 e. The fraction of sp³-hybridized carbons (Fsp3) is 0.200. The zero-order valence-electron chi connectivity index (χ0n) is 10.8. The summed E-state index contributed by atoms with van der Waals surface area (Å²) in [5.41, 5.74) is 6.74. The molecular formula is C15H15BrFNO. The molecule has 0 bridgehead atoms. The minimum Gasteiger partial charge on any atom is -0.455 e. The first-order valence-electron chi connectivity index (χ1n) is 6.00. The Bertz CT molecular complexity index is 599. The summed E-state index contributed by atoms with van der Waals surface area (Å²) in [6, 6.07) is 10.3. The fourth-order valence-corrected chi connectivity index (χ4v) is 2.17. The molecular weight excluding hydrogens is 309 g/mol. The van der Waals surface area contributed by atoms with Crippen LogP contribution in [-0.2, 0) is 0 Å². The first kappa shape index (κ1) is 13.9. The normalized spacial score (nSPS) is 10.8. The highest BCUT2D eigenvalue weighted by Gasteiger charge is 2.12. The molecule has 2 aromatic carbocycles. The van der Waals surface area contributed by atoms with Crippen molar-refractivity contribution >= 4 is 21.6 Å². The molecule has 0 unspecified atom stereocenters. The Labute approximate surface area is 120 Å². The van der Waals surface area contributed by atoms with E-state index in [1.807, 2.05) is 18.2 Å². The second kappa shape index (κ2) is 5.61. The van der Waals surface area contributed by atoms with Crippen LogP contribution >= 0.6 is 15.9 Å². The Morgan fingerprint density at radius 2 is 1.89 bits per heavy atom. The number of ether oxygens (including phenoxy) is 1. The third-order valence-corrected chi connectivity index (χ3v) is 3.32. The minimum absolute atomic E-state index is 0.0279. The van der Waals surface area contributed by atoms with E-state index in [1.165, 1.54) is 6.07 Å². The van der Waals surface area contributed by atoms with Crippen LogP contribution in [-0.4, -0.2) is 0 Å². The maximum atomic E-state index is 13.4. The molecule has 2 nitrogen and oxygen atoms in total. The van der Waals surface area contributed by atoms with Gasteiger partial charge in [-0.1, -0.05) is 35.8 Å². The van der Waals surface area contributed by atoms with Crippen molar-refractivity contribution in [2.75, 3.05) is 5.73 Å². The maximum absolute atomic E-state index is 13.4. The van der Waals surface area contributed by atoms with Gasteiger partial charge < -0.3 is 10.5 Å². The molecule has 100 valence electrons. The highest BCUT2D eigenvalue weighted by atomic mass is 79.9. The molecule has 0 radical (unpaired) electrons. The summed E-state index contributed by atoms with van der Waals surface area (Å²) in [6.07, 6.45) is 0. The number of nitrogen functional groups attached to an aromatic ring is 1. The Kier molecular flexibility index (Phi) is 4.10. The van der Waals surface area contributed by atoms with E-state index in [-0.39, 0.29) is 5.69 Å². The summed E-state index contributed by atoms with van der Waals surface area (Å²) >= 11 is 3.44. The van der Waals surface area contributed by atoms with Gasteiger partial charge in [0.05, 0.1) is 0 Å². The lowest BCUT2D eigenvalue weighted by Gasteiger charge is -2.15. The molecule has 4 heteroatoms. The van der Waals surface area contributed by atoms with Crippen molar-refractivity contribution < 1.29 is 9.13 Å². The second-order valence-corrected chi connectivity index (χ2v) is 5.51. The van der Waals surface area contributed by atoms with Gasteiger partial charge in [0.1, 0.15) is 17.3 Å². The lowest BCUT2D eigenvalue weighted by Crippen LogP contribution is -1.98. The predicted octanol–water partition coefficient (Wildman–Crippen LogP) is 5.09. The Hall–Kier alpha value is -1.55. The highest BCUT2D eigenvalue weighted by molar-refractivity contribution is 9.10. The zero-order valence-corrected chi connectivity index (χ0v) is 12.4. The third-order valence-electron chi connectivity index (χ3n) is 2.83. The van der Waals surface area contributed by atoms with Crippen molar-refractivity contribution in [3.8, 4) is 11.5 Å². The van der Waals surface area contributed by atoms with Crippen molar-refractivity contribution in [3.63, 3.8) is 0 Å². The van der Waals surface area contributed by atoms with Crippen LogP contribution in [0.25, 0.3) is 0 Å². The van der Waals surface area contributed by atoms with Gasteiger partial charge in [0.25, 0.3) is 0 Å². The molecule has 0 spiro atoms. The van der Waals surface area contributed by atoms with Crippen LogP contribution in [0.15, 0.2) is 40.9 Å². The molecule has 0 fully saturated rings. The van der Waals surface area contributed by atoms with E-state index in [1.54, 1.807) is 12.1 Å². The summed E-state index contributed by atoms with van der Waals surface area (Å²) in [6.45, 7) is 4.15. The van der Waals surface area contributed by atoms with Gasteiger partial charge in [-0.05, 0) is 41.8 Å². The summed E-state index contributed by atoms with van der Waals surface area (Å²) in [4.78, 5) is 0. The second-order valence-electron chi connectivity index (χ2n) is 4.59. The van der Waals surface area contributed by atoms with Gasteiger partial charge in [0, 0.05) is 4.47 Å². The highest BCUT2D eigenvalue weighted by Crippen LogP contribution is 2.35. The van der Waals surface area contributed by atoms with Crippen LogP contribution in [0.5, 0.6) is 11.5 Å². The third kappa shape index (κ3) is 3.07. The zero-order chi connectivity index (χ0) is 14.0. The minimum atomic E-state index is -0.472. The van der Waals surface area contributed by atoms with E-state index in [2.05, 4.69) is 29.8 Å². The van der Waals surface area contributed by atoms with E-state index in [0.717, 1.165) is 10.0 Å². The first-order chi connectivity index (χ1) is 8.99. The molecule has 0 saturated heterocycles. The quantitative estimate of drug-likeness (QED) is 0.799. The van der Waals surface area contributed by atoms with Gasteiger partial charge in [-0.3, -0.25) is 0 Å².